The van der Waals surface area contributed by atoms with Gasteiger partial charge in [0.25, 0.3) is 5.91 Å². The molecule has 1 saturated carbocycles. The van der Waals surface area contributed by atoms with Crippen molar-refractivity contribution in [1.82, 2.24) is 10.6 Å². The topological polar surface area (TPSA) is 61.4 Å². The van der Waals surface area contributed by atoms with Crippen molar-refractivity contribution in [3.63, 3.8) is 0 Å². The van der Waals surface area contributed by atoms with Crippen molar-refractivity contribution in [3.05, 3.63) is 71.8 Å². The lowest BCUT2D eigenvalue weighted by Gasteiger charge is -2.27. The first kappa shape index (κ1) is 25.4. The molecule has 1 aliphatic carbocycles. The molecule has 0 aliphatic heterocycles. The average Bonchev–Trinajstić information content (AvgIpc) is 3.52. The van der Waals surface area contributed by atoms with Gasteiger partial charge in [0.05, 0.1) is 12.1 Å². The highest BCUT2D eigenvalue weighted by atomic mass is 35.5. The third-order valence-corrected chi connectivity index (χ3v) is 6.09. The summed E-state index contributed by atoms with van der Waals surface area (Å²) in [5.41, 5.74) is 1.91. The smallest absolute Gasteiger partial charge is 0.251 e. The Hall–Kier alpha value is -1.88. The van der Waals surface area contributed by atoms with E-state index in [9.17, 15) is 9.90 Å². The number of carbonyl (C=O) groups is 1. The maximum absolute atomic E-state index is 12.7. The molecular weight excluding hydrogens is 408 g/mol. The molecule has 0 bridgehead atoms. The van der Waals surface area contributed by atoms with Gasteiger partial charge in [-0.15, -0.1) is 12.4 Å². The molecule has 1 amide bonds. The Morgan fingerprint density at radius 3 is 2.23 bits per heavy atom. The fourth-order valence-electron chi connectivity index (χ4n) is 3.97. The van der Waals surface area contributed by atoms with E-state index in [4.69, 9.17) is 0 Å². The highest BCUT2D eigenvalue weighted by molar-refractivity contribution is 5.94. The Morgan fingerprint density at radius 2 is 1.65 bits per heavy atom. The molecule has 3 rings (SSSR count). The Balaban J connectivity index is 0.00000341. The highest BCUT2D eigenvalue weighted by Gasteiger charge is 2.42. The third kappa shape index (κ3) is 8.29. The summed E-state index contributed by atoms with van der Waals surface area (Å²) in [6, 6.07) is 18.9. The number of aliphatic hydroxyl groups excluding tert-OH is 1. The second-order valence-electron chi connectivity index (χ2n) is 9.15. The molecule has 3 N–H and O–H groups in total. The molecule has 5 heteroatoms. The minimum Gasteiger partial charge on any atom is -0.390 e. The molecule has 0 radical (unpaired) electrons. The molecular formula is C26H37ClN2O2. The van der Waals surface area contributed by atoms with Crippen molar-refractivity contribution in [3.8, 4) is 0 Å². The molecule has 2 aromatic carbocycles. The van der Waals surface area contributed by atoms with Crippen molar-refractivity contribution in [2.75, 3.05) is 6.54 Å². The van der Waals surface area contributed by atoms with Gasteiger partial charge in [-0.05, 0) is 49.3 Å². The normalized spacial score (nSPS) is 16.3. The van der Waals surface area contributed by atoms with Crippen molar-refractivity contribution in [2.24, 2.45) is 5.92 Å². The van der Waals surface area contributed by atoms with E-state index >= 15 is 0 Å². The maximum Gasteiger partial charge on any atom is 0.251 e. The monoisotopic (exact) mass is 444 g/mol. The zero-order valence-corrected chi connectivity index (χ0v) is 19.5. The number of amides is 1. The van der Waals surface area contributed by atoms with Crippen LogP contribution in [0.15, 0.2) is 60.7 Å². The summed E-state index contributed by atoms with van der Waals surface area (Å²) in [5, 5.41) is 17.7. The van der Waals surface area contributed by atoms with E-state index in [0.717, 1.165) is 17.9 Å². The van der Waals surface area contributed by atoms with Gasteiger partial charge in [0, 0.05) is 17.6 Å². The van der Waals surface area contributed by atoms with Crippen LogP contribution in [0, 0.1) is 5.92 Å². The fourth-order valence-corrected chi connectivity index (χ4v) is 3.97. The number of β-amino-alcohol motifs (C(OH)–C–C–N with tert-alkyl or cyclic N) is 1. The first-order chi connectivity index (χ1) is 14.5. The van der Waals surface area contributed by atoms with Crippen LogP contribution >= 0.6 is 12.4 Å². The molecule has 1 aliphatic rings. The van der Waals surface area contributed by atoms with Gasteiger partial charge in [0.15, 0.2) is 0 Å². The van der Waals surface area contributed by atoms with Crippen LogP contribution in [0.1, 0.15) is 61.9 Å². The summed E-state index contributed by atoms with van der Waals surface area (Å²) < 4.78 is 0. The van der Waals surface area contributed by atoms with Crippen LogP contribution in [0.4, 0.5) is 0 Å². The van der Waals surface area contributed by atoms with Crippen LogP contribution in [0.5, 0.6) is 0 Å². The number of halogens is 1. The quantitative estimate of drug-likeness (QED) is 0.442. The predicted molar refractivity (Wildman–Crippen MR) is 130 cm³/mol. The number of benzene rings is 2. The Labute approximate surface area is 193 Å². The van der Waals surface area contributed by atoms with E-state index in [-0.39, 0.29) is 29.9 Å². The first-order valence-electron chi connectivity index (χ1n) is 11.3. The van der Waals surface area contributed by atoms with Crippen molar-refractivity contribution < 1.29 is 9.90 Å². The summed E-state index contributed by atoms with van der Waals surface area (Å²) in [6.45, 7) is 5.02. The number of nitrogens with one attached hydrogen (secondary N) is 2. The van der Waals surface area contributed by atoms with Crippen molar-refractivity contribution in [2.45, 2.75) is 70.1 Å². The largest absolute Gasteiger partial charge is 0.390 e. The van der Waals surface area contributed by atoms with E-state index < -0.39 is 6.10 Å². The Bertz CT molecular complexity index is 779. The van der Waals surface area contributed by atoms with Gasteiger partial charge in [-0.1, -0.05) is 75.2 Å². The van der Waals surface area contributed by atoms with Crippen LogP contribution < -0.4 is 10.6 Å². The Morgan fingerprint density at radius 1 is 1.03 bits per heavy atom. The second kappa shape index (κ2) is 12.2. The lowest BCUT2D eigenvalue weighted by Crippen LogP contribution is -2.50. The molecule has 4 nitrogen and oxygen atoms in total. The van der Waals surface area contributed by atoms with E-state index in [0.29, 0.717) is 18.5 Å². The van der Waals surface area contributed by atoms with E-state index in [2.05, 4.69) is 24.5 Å². The molecule has 31 heavy (non-hydrogen) atoms. The predicted octanol–water partition coefficient (Wildman–Crippen LogP) is 4.76. The zero-order valence-electron chi connectivity index (χ0n) is 18.7. The molecule has 0 spiro atoms. The number of hydrogen-bond donors (Lipinski definition) is 3. The fraction of sp³-hybridized carbons (Fsp3) is 0.500. The van der Waals surface area contributed by atoms with Gasteiger partial charge in [0.2, 0.25) is 0 Å². The molecule has 0 saturated heterocycles. The molecule has 2 atom stereocenters. The van der Waals surface area contributed by atoms with Crippen LogP contribution in [-0.4, -0.2) is 35.2 Å². The van der Waals surface area contributed by atoms with Gasteiger partial charge >= 0.3 is 0 Å². The van der Waals surface area contributed by atoms with Gasteiger partial charge in [0.1, 0.15) is 0 Å². The number of hydrogen-bond acceptors (Lipinski definition) is 3. The summed E-state index contributed by atoms with van der Waals surface area (Å²) in [4.78, 5) is 12.7. The molecule has 2 aromatic rings. The summed E-state index contributed by atoms with van der Waals surface area (Å²) >= 11 is 0. The molecule has 0 heterocycles. The van der Waals surface area contributed by atoms with E-state index in [1.54, 1.807) is 12.1 Å². The molecule has 1 fully saturated rings. The maximum atomic E-state index is 12.7. The first-order valence-corrected chi connectivity index (χ1v) is 11.3. The number of carbonyl (C=O) groups excluding carboxylic acids is 1. The van der Waals surface area contributed by atoms with Crippen LogP contribution in [0.25, 0.3) is 0 Å². The van der Waals surface area contributed by atoms with E-state index in [1.807, 2.05) is 48.5 Å². The summed E-state index contributed by atoms with van der Waals surface area (Å²) in [7, 11) is 0. The standard InChI is InChI=1S/C26H36N2O2.ClH/c1-20(2)10-9-15-26(16-17-26)27-19-24(29)23(18-21-11-5-3-6-12-21)28-25(30)22-13-7-4-8-14-22;/h3-8,11-14,20,23-24,27,29H,9-10,15-19H2,1-2H3,(H,28,30);1H/t23-,24+;/m0./s1. The number of rotatable bonds is 12. The van der Waals surface area contributed by atoms with E-state index in [1.165, 1.54) is 25.7 Å². The summed E-state index contributed by atoms with van der Waals surface area (Å²) in [6.07, 6.45) is 5.93. The SMILES string of the molecule is CC(C)CCCC1(NC[C@@H](O)[C@H](Cc2ccccc2)NC(=O)c2ccccc2)CC1.Cl. The average molecular weight is 445 g/mol. The second-order valence-corrected chi connectivity index (χ2v) is 9.15. The minimum absolute atomic E-state index is 0. The van der Waals surface area contributed by atoms with Crippen molar-refractivity contribution in [1.29, 1.82) is 0 Å². The van der Waals surface area contributed by atoms with Crippen molar-refractivity contribution >= 4 is 18.3 Å². The van der Waals surface area contributed by atoms with Gasteiger partial charge in [-0.3, -0.25) is 4.79 Å². The van der Waals surface area contributed by atoms with Crippen LogP contribution in [0.2, 0.25) is 0 Å². The van der Waals surface area contributed by atoms with Gasteiger partial charge in [-0.25, -0.2) is 0 Å². The van der Waals surface area contributed by atoms with Crippen LogP contribution in [-0.2, 0) is 6.42 Å². The molecule has 170 valence electrons. The summed E-state index contributed by atoms with van der Waals surface area (Å²) in [5.74, 6) is 0.587. The van der Waals surface area contributed by atoms with Crippen LogP contribution in [0.3, 0.4) is 0 Å². The van der Waals surface area contributed by atoms with Gasteiger partial charge < -0.3 is 15.7 Å². The minimum atomic E-state index is -0.652. The highest BCUT2D eigenvalue weighted by Crippen LogP contribution is 2.40. The Kier molecular flexibility index (Phi) is 10.0. The third-order valence-electron chi connectivity index (χ3n) is 6.09. The van der Waals surface area contributed by atoms with Gasteiger partial charge in [-0.2, -0.15) is 0 Å². The lowest BCUT2D eigenvalue weighted by molar-refractivity contribution is 0.0821. The number of aliphatic hydroxyl groups is 1. The molecule has 0 aromatic heterocycles. The zero-order chi connectivity index (χ0) is 21.4. The molecule has 0 unspecified atom stereocenters. The lowest BCUT2D eigenvalue weighted by atomic mass is 9.99.